The summed E-state index contributed by atoms with van der Waals surface area (Å²) < 4.78 is 0. The van der Waals surface area contributed by atoms with E-state index >= 15 is 0 Å². The van der Waals surface area contributed by atoms with Gasteiger partial charge in [0.15, 0.2) is 0 Å². The third kappa shape index (κ3) is 7.21. The van der Waals surface area contributed by atoms with Gasteiger partial charge in [0.1, 0.15) is 0 Å². The van der Waals surface area contributed by atoms with Crippen LogP contribution in [0.1, 0.15) is 126 Å². The lowest BCUT2D eigenvalue weighted by molar-refractivity contribution is -0.121. The Morgan fingerprint density at radius 3 is 2.00 bits per heavy atom. The molecule has 0 spiro atoms. The zero-order chi connectivity index (χ0) is 34.3. The quantitative estimate of drug-likeness (QED) is 0.116. The fraction of sp³-hybridized carbons (Fsp3) is 0.975. The monoisotopic (exact) mass is 733 g/mol. The topological polar surface area (TPSA) is 97.5 Å². The van der Waals surface area contributed by atoms with Crippen molar-refractivity contribution in [3.63, 3.8) is 0 Å². The minimum absolute atomic E-state index is 0.215. The number of fused-ring (bicyclic) bond motifs is 8. The molecule has 19 atom stereocenters. The standard InChI is InChI=1S/C40H72BrN5O2/c1-8-11-12-13-14-17-42-34(48)16-15-27-23(6)38-36(41)37-22(5)26(10-3)32(45-37)19-29-21(4)25(9-2)31(43-29)20-30-24(7)35-33(47)18-28(39(27)46-38)40(35)44-30/h21-33,35-40,43-47H,8-20H2,1-7H3,(H,42,48). The summed E-state index contributed by atoms with van der Waals surface area (Å²) in [6.45, 7) is 17.7. The zero-order valence-electron chi connectivity index (χ0n) is 31.4. The molecule has 8 bridgehead atoms. The van der Waals surface area contributed by atoms with Crippen molar-refractivity contribution in [1.82, 2.24) is 26.6 Å². The van der Waals surface area contributed by atoms with Gasteiger partial charge < -0.3 is 31.7 Å². The van der Waals surface area contributed by atoms with Crippen LogP contribution in [-0.2, 0) is 4.79 Å². The molecule has 0 aromatic heterocycles. The molecular formula is C40H72BrN5O2. The van der Waals surface area contributed by atoms with E-state index in [9.17, 15) is 9.90 Å². The molecule has 276 valence electrons. The van der Waals surface area contributed by atoms with Crippen molar-refractivity contribution in [2.24, 2.45) is 53.3 Å². The molecule has 6 fully saturated rings. The van der Waals surface area contributed by atoms with Gasteiger partial charge in [-0.15, -0.1) is 0 Å². The van der Waals surface area contributed by atoms with E-state index in [-0.39, 0.29) is 12.0 Å². The van der Waals surface area contributed by atoms with Crippen molar-refractivity contribution in [1.29, 1.82) is 0 Å². The number of carbonyl (C=O) groups is 1. The number of hydrogen-bond acceptors (Lipinski definition) is 6. The number of halogens is 1. The molecule has 6 aliphatic rings. The molecule has 5 heterocycles. The Bertz CT molecular complexity index is 1060. The Morgan fingerprint density at radius 2 is 1.29 bits per heavy atom. The van der Waals surface area contributed by atoms with E-state index in [1.54, 1.807) is 0 Å². The summed E-state index contributed by atoms with van der Waals surface area (Å²) in [4.78, 5) is 13.5. The van der Waals surface area contributed by atoms with E-state index in [0.29, 0.717) is 113 Å². The molecule has 0 aromatic rings. The number of alkyl halides is 1. The molecule has 5 saturated heterocycles. The van der Waals surface area contributed by atoms with Crippen LogP contribution in [0.3, 0.4) is 0 Å². The number of carbonyl (C=O) groups excluding carboxylic acids is 1. The van der Waals surface area contributed by atoms with Gasteiger partial charge in [-0.1, -0.05) is 103 Å². The second-order valence-corrected chi connectivity index (χ2v) is 18.8. The Kier molecular flexibility index (Phi) is 12.6. The van der Waals surface area contributed by atoms with Crippen molar-refractivity contribution in [2.45, 2.75) is 185 Å². The summed E-state index contributed by atoms with van der Waals surface area (Å²) in [6, 6.07) is 3.41. The van der Waals surface area contributed by atoms with Crippen molar-refractivity contribution < 1.29 is 9.90 Å². The normalized spacial score (nSPS) is 49.9. The van der Waals surface area contributed by atoms with Crippen LogP contribution in [0.4, 0.5) is 0 Å². The summed E-state index contributed by atoms with van der Waals surface area (Å²) in [6.07, 6.45) is 13.0. The molecule has 1 amide bonds. The molecule has 6 N–H and O–H groups in total. The first-order valence-corrected chi connectivity index (χ1v) is 21.6. The zero-order valence-corrected chi connectivity index (χ0v) is 33.0. The van der Waals surface area contributed by atoms with E-state index in [1.807, 2.05) is 0 Å². The highest BCUT2D eigenvalue weighted by molar-refractivity contribution is 9.09. The number of rotatable bonds is 11. The molecular weight excluding hydrogens is 662 g/mol. The lowest BCUT2D eigenvalue weighted by Gasteiger charge is -2.33. The summed E-state index contributed by atoms with van der Waals surface area (Å²) in [5, 5.41) is 31.9. The van der Waals surface area contributed by atoms with Crippen LogP contribution >= 0.6 is 15.9 Å². The average molecular weight is 735 g/mol. The van der Waals surface area contributed by atoms with Crippen LogP contribution in [0, 0.1) is 53.3 Å². The first-order chi connectivity index (χ1) is 23.1. The summed E-state index contributed by atoms with van der Waals surface area (Å²) in [7, 11) is 0. The SMILES string of the molecule is CCCCCCCNC(=O)CCC1C(C)C2NC1C1CC(O)C3C(C)C(CC4NC(CC5NC(C(C)C5CC)C2Br)C(C)C4CC)NC13. The lowest BCUT2D eigenvalue weighted by Crippen LogP contribution is -2.52. The van der Waals surface area contributed by atoms with Crippen LogP contribution in [0.2, 0.25) is 0 Å². The van der Waals surface area contributed by atoms with E-state index < -0.39 is 0 Å². The molecule has 48 heavy (non-hydrogen) atoms. The van der Waals surface area contributed by atoms with Gasteiger partial charge in [-0.05, 0) is 79.4 Å². The third-order valence-corrected chi connectivity index (χ3v) is 16.5. The summed E-state index contributed by atoms with van der Waals surface area (Å²) in [5.41, 5.74) is 0. The van der Waals surface area contributed by atoms with E-state index in [2.05, 4.69) is 91.0 Å². The number of nitrogens with one attached hydrogen (secondary N) is 5. The molecule has 5 aliphatic heterocycles. The minimum Gasteiger partial charge on any atom is -0.393 e. The predicted octanol–water partition coefficient (Wildman–Crippen LogP) is 5.98. The van der Waals surface area contributed by atoms with Gasteiger partial charge in [0.05, 0.1) is 6.10 Å². The molecule has 7 nitrogen and oxygen atoms in total. The van der Waals surface area contributed by atoms with Gasteiger partial charge in [-0.25, -0.2) is 0 Å². The Hall–Kier alpha value is -0.250. The fourth-order valence-corrected chi connectivity index (χ4v) is 13.9. The second kappa shape index (κ2) is 16.2. The van der Waals surface area contributed by atoms with Crippen LogP contribution in [0.25, 0.3) is 0 Å². The van der Waals surface area contributed by atoms with Gasteiger partial charge in [0.25, 0.3) is 0 Å². The van der Waals surface area contributed by atoms with E-state index in [0.717, 1.165) is 32.2 Å². The van der Waals surface area contributed by atoms with Crippen molar-refractivity contribution in [2.75, 3.05) is 6.54 Å². The predicted molar refractivity (Wildman–Crippen MR) is 201 cm³/mol. The number of amides is 1. The minimum atomic E-state index is -0.258. The largest absolute Gasteiger partial charge is 0.393 e. The Morgan fingerprint density at radius 1 is 0.688 bits per heavy atom. The molecule has 8 heteroatoms. The average Bonchev–Trinajstić information content (AvgIpc) is 3.82. The first kappa shape index (κ1) is 37.5. The van der Waals surface area contributed by atoms with Gasteiger partial charge in [-0.3, -0.25) is 4.79 Å². The maximum atomic E-state index is 13.2. The fourth-order valence-electron chi connectivity index (χ4n) is 12.6. The van der Waals surface area contributed by atoms with Crippen LogP contribution in [0.15, 0.2) is 0 Å². The Labute approximate surface area is 302 Å². The van der Waals surface area contributed by atoms with Crippen molar-refractivity contribution in [3.05, 3.63) is 0 Å². The molecule has 0 aromatic carbocycles. The van der Waals surface area contributed by atoms with Crippen LogP contribution in [0.5, 0.6) is 0 Å². The highest BCUT2D eigenvalue weighted by atomic mass is 79.9. The molecule has 19 unspecified atom stereocenters. The van der Waals surface area contributed by atoms with E-state index in [1.165, 1.54) is 44.9 Å². The maximum Gasteiger partial charge on any atom is 0.220 e. The summed E-state index contributed by atoms with van der Waals surface area (Å²) >= 11 is 4.35. The number of hydrogen-bond donors (Lipinski definition) is 6. The lowest BCUT2D eigenvalue weighted by atomic mass is 9.76. The van der Waals surface area contributed by atoms with Gasteiger partial charge in [0, 0.05) is 72.0 Å². The third-order valence-electron chi connectivity index (χ3n) is 15.4. The van der Waals surface area contributed by atoms with Crippen molar-refractivity contribution >= 4 is 21.8 Å². The smallest absolute Gasteiger partial charge is 0.220 e. The molecule has 6 rings (SSSR count). The molecule has 0 radical (unpaired) electrons. The number of aliphatic hydroxyl groups excluding tert-OH is 1. The Balaban J connectivity index is 1.25. The van der Waals surface area contributed by atoms with E-state index in [4.69, 9.17) is 0 Å². The van der Waals surface area contributed by atoms with Crippen LogP contribution in [-0.4, -0.2) is 76.8 Å². The first-order valence-electron chi connectivity index (χ1n) is 20.7. The summed E-state index contributed by atoms with van der Waals surface area (Å²) in [5.74, 6) is 4.86. The second-order valence-electron chi connectivity index (χ2n) is 17.7. The maximum absolute atomic E-state index is 13.2. The number of unbranched alkanes of at least 4 members (excludes halogenated alkanes) is 4. The van der Waals surface area contributed by atoms with Gasteiger partial charge >= 0.3 is 0 Å². The molecule has 1 saturated carbocycles. The molecule has 1 aliphatic carbocycles. The van der Waals surface area contributed by atoms with Gasteiger partial charge in [-0.2, -0.15) is 0 Å². The van der Waals surface area contributed by atoms with Gasteiger partial charge in [0.2, 0.25) is 5.91 Å². The highest BCUT2D eigenvalue weighted by Crippen LogP contribution is 2.51. The van der Waals surface area contributed by atoms with Crippen molar-refractivity contribution in [3.8, 4) is 0 Å². The number of aliphatic hydroxyl groups is 1. The highest BCUT2D eigenvalue weighted by Gasteiger charge is 2.59. The van der Waals surface area contributed by atoms with Crippen LogP contribution < -0.4 is 26.6 Å².